The molecule has 42 heavy (non-hydrogen) atoms. The Morgan fingerprint density at radius 2 is 1.90 bits per heavy atom. The van der Waals surface area contributed by atoms with Crippen LogP contribution in [0.25, 0.3) is 16.6 Å². The molecule has 2 amide bonds. The fraction of sp³-hybridized carbons (Fsp3) is 0.484. The molecule has 1 atom stereocenters. The third-order valence-electron chi connectivity index (χ3n) is 7.74. The topological polar surface area (TPSA) is 106 Å². The van der Waals surface area contributed by atoms with Crippen molar-refractivity contribution in [3.8, 4) is 0 Å². The fourth-order valence-electron chi connectivity index (χ4n) is 5.62. The van der Waals surface area contributed by atoms with Crippen molar-refractivity contribution in [2.75, 3.05) is 32.8 Å². The minimum atomic E-state index is -0.488. The first kappa shape index (κ1) is 28.2. The normalized spacial score (nSPS) is 18.5. The number of carbonyl (C=O) groups is 2. The standard InChI is InChI=1S/C31H39N7O4/c1-31(2,3)42-30(40)36-14-12-35(13-15-36)19-22-10-11-27-34-23(21-37(27)20-22)17-32-29(39)24-7-6-8-26-25(24)18-33-38(26)28-9-4-5-16-41-28/h6-8,10-11,18,20-21,28H,4-5,9,12-17,19H2,1-3H3,(H,32,39). The molecule has 11 heteroatoms. The van der Waals surface area contributed by atoms with Crippen molar-refractivity contribution < 1.29 is 19.1 Å². The molecular weight excluding hydrogens is 534 g/mol. The predicted molar refractivity (Wildman–Crippen MR) is 158 cm³/mol. The van der Waals surface area contributed by atoms with E-state index in [1.807, 2.05) is 60.3 Å². The smallest absolute Gasteiger partial charge is 0.410 e. The third-order valence-corrected chi connectivity index (χ3v) is 7.74. The summed E-state index contributed by atoms with van der Waals surface area (Å²) < 4.78 is 15.3. The molecule has 2 saturated heterocycles. The van der Waals surface area contributed by atoms with Crippen LogP contribution in [0.2, 0.25) is 0 Å². The summed E-state index contributed by atoms with van der Waals surface area (Å²) in [6, 6.07) is 9.79. The summed E-state index contributed by atoms with van der Waals surface area (Å²) in [5, 5.41) is 8.40. The van der Waals surface area contributed by atoms with Gasteiger partial charge in [-0.2, -0.15) is 5.10 Å². The van der Waals surface area contributed by atoms with Gasteiger partial charge >= 0.3 is 6.09 Å². The Bertz CT molecular complexity index is 1570. The maximum absolute atomic E-state index is 13.2. The molecule has 2 fully saturated rings. The molecular formula is C31H39N7O4. The molecule has 0 radical (unpaired) electrons. The van der Waals surface area contributed by atoms with E-state index in [0.717, 1.165) is 73.3 Å². The number of fused-ring (bicyclic) bond motifs is 2. The van der Waals surface area contributed by atoms with Gasteiger partial charge in [0.15, 0.2) is 6.23 Å². The summed E-state index contributed by atoms with van der Waals surface area (Å²) in [4.78, 5) is 34.4. The van der Waals surface area contributed by atoms with E-state index >= 15 is 0 Å². The summed E-state index contributed by atoms with van der Waals surface area (Å²) in [6.07, 6.45) is 8.57. The van der Waals surface area contributed by atoms with Gasteiger partial charge in [0.25, 0.3) is 5.91 Å². The Morgan fingerprint density at radius 1 is 1.07 bits per heavy atom. The molecule has 2 aliphatic heterocycles. The lowest BCUT2D eigenvalue weighted by molar-refractivity contribution is -0.0366. The van der Waals surface area contributed by atoms with Crippen molar-refractivity contribution in [1.29, 1.82) is 0 Å². The Kier molecular flexibility index (Phi) is 7.87. The second-order valence-electron chi connectivity index (χ2n) is 12.1. The molecule has 0 bridgehead atoms. The zero-order valence-electron chi connectivity index (χ0n) is 24.6. The molecule has 11 nitrogen and oxygen atoms in total. The van der Waals surface area contributed by atoms with Gasteiger partial charge in [0.05, 0.1) is 29.5 Å². The number of pyridine rings is 1. The van der Waals surface area contributed by atoms with Crippen molar-refractivity contribution in [3.05, 3.63) is 65.7 Å². The van der Waals surface area contributed by atoms with Crippen molar-refractivity contribution in [3.63, 3.8) is 0 Å². The monoisotopic (exact) mass is 573 g/mol. The van der Waals surface area contributed by atoms with Crippen molar-refractivity contribution in [1.82, 2.24) is 34.3 Å². The molecule has 1 N–H and O–H groups in total. The van der Waals surface area contributed by atoms with Crippen LogP contribution < -0.4 is 5.32 Å². The van der Waals surface area contributed by atoms with E-state index < -0.39 is 5.60 Å². The van der Waals surface area contributed by atoms with Gasteiger partial charge in [-0.05, 0) is 63.8 Å². The van der Waals surface area contributed by atoms with E-state index in [0.29, 0.717) is 25.2 Å². The number of nitrogens with zero attached hydrogens (tertiary/aromatic N) is 6. The number of hydrogen-bond donors (Lipinski definition) is 1. The largest absolute Gasteiger partial charge is 0.444 e. The Hall–Kier alpha value is -3.96. The van der Waals surface area contributed by atoms with E-state index in [4.69, 9.17) is 14.5 Å². The molecule has 4 aromatic rings. The number of rotatable bonds is 6. The first-order valence-electron chi connectivity index (χ1n) is 14.8. The zero-order chi connectivity index (χ0) is 29.3. The fourth-order valence-corrected chi connectivity index (χ4v) is 5.62. The van der Waals surface area contributed by atoms with Gasteiger partial charge in [0.2, 0.25) is 0 Å². The first-order chi connectivity index (χ1) is 20.2. The molecule has 0 spiro atoms. The average molecular weight is 574 g/mol. The number of ether oxygens (including phenoxy) is 2. The molecule has 1 unspecified atom stereocenters. The Morgan fingerprint density at radius 3 is 2.67 bits per heavy atom. The van der Waals surface area contributed by atoms with Gasteiger partial charge < -0.3 is 24.1 Å². The van der Waals surface area contributed by atoms with Crippen LogP contribution in [-0.2, 0) is 22.6 Å². The number of aromatic nitrogens is 4. The Balaban J connectivity index is 1.06. The number of carbonyl (C=O) groups excluding carboxylic acids is 2. The van der Waals surface area contributed by atoms with Crippen molar-refractivity contribution >= 4 is 28.6 Å². The lowest BCUT2D eigenvalue weighted by atomic mass is 10.1. The quantitative estimate of drug-likeness (QED) is 0.365. The number of imidazole rings is 1. The zero-order valence-corrected chi connectivity index (χ0v) is 24.6. The van der Waals surface area contributed by atoms with E-state index in [2.05, 4.69) is 27.6 Å². The predicted octanol–water partition coefficient (Wildman–Crippen LogP) is 4.37. The summed E-state index contributed by atoms with van der Waals surface area (Å²) in [6.45, 7) is 10.4. The molecule has 2 aliphatic rings. The lowest BCUT2D eigenvalue weighted by Gasteiger charge is -2.35. The van der Waals surface area contributed by atoms with Gasteiger partial charge in [-0.1, -0.05) is 12.1 Å². The van der Waals surface area contributed by atoms with Gasteiger partial charge in [-0.15, -0.1) is 0 Å². The summed E-state index contributed by atoms with van der Waals surface area (Å²) in [7, 11) is 0. The van der Waals surface area contributed by atoms with Gasteiger partial charge in [0, 0.05) is 57.1 Å². The number of amides is 2. The average Bonchev–Trinajstić information content (AvgIpc) is 3.59. The molecule has 0 aliphatic carbocycles. The number of hydrogen-bond acceptors (Lipinski definition) is 7. The molecule has 6 rings (SSSR count). The SMILES string of the molecule is CC(C)(C)OC(=O)N1CCN(Cc2ccc3nc(CNC(=O)c4cccc5c4cnn5C4CCCCO4)cn3c2)CC1. The number of piperazine rings is 1. The highest BCUT2D eigenvalue weighted by Crippen LogP contribution is 2.27. The van der Waals surface area contributed by atoms with E-state index in [1.165, 1.54) is 0 Å². The van der Waals surface area contributed by atoms with Crippen LogP contribution in [0.1, 0.15) is 67.9 Å². The van der Waals surface area contributed by atoms with Gasteiger partial charge in [-0.25, -0.2) is 14.5 Å². The highest BCUT2D eigenvalue weighted by Gasteiger charge is 2.26. The van der Waals surface area contributed by atoms with E-state index in [9.17, 15) is 9.59 Å². The second kappa shape index (κ2) is 11.7. The molecule has 0 saturated carbocycles. The minimum Gasteiger partial charge on any atom is -0.444 e. The van der Waals surface area contributed by atoms with Crippen LogP contribution >= 0.6 is 0 Å². The van der Waals surface area contributed by atoms with Crippen LogP contribution in [0.15, 0.2) is 48.9 Å². The summed E-state index contributed by atoms with van der Waals surface area (Å²) in [5.74, 6) is -0.159. The lowest BCUT2D eigenvalue weighted by Crippen LogP contribution is -2.49. The minimum absolute atomic E-state index is 0.0840. The van der Waals surface area contributed by atoms with Crippen LogP contribution in [0, 0.1) is 0 Å². The van der Waals surface area contributed by atoms with Crippen molar-refractivity contribution in [2.45, 2.75) is 65.0 Å². The highest BCUT2D eigenvalue weighted by atomic mass is 16.6. The highest BCUT2D eigenvalue weighted by molar-refractivity contribution is 6.06. The van der Waals surface area contributed by atoms with E-state index in [-0.39, 0.29) is 18.2 Å². The van der Waals surface area contributed by atoms with Crippen LogP contribution in [0.5, 0.6) is 0 Å². The Labute approximate surface area is 245 Å². The second-order valence-corrected chi connectivity index (χ2v) is 12.1. The summed E-state index contributed by atoms with van der Waals surface area (Å²) >= 11 is 0. The molecule has 3 aromatic heterocycles. The van der Waals surface area contributed by atoms with E-state index in [1.54, 1.807) is 11.1 Å². The van der Waals surface area contributed by atoms with Crippen LogP contribution in [0.3, 0.4) is 0 Å². The van der Waals surface area contributed by atoms with Crippen LogP contribution in [0.4, 0.5) is 4.79 Å². The summed E-state index contributed by atoms with van der Waals surface area (Å²) in [5.41, 5.74) is 3.78. The maximum atomic E-state index is 13.2. The van der Waals surface area contributed by atoms with Gasteiger partial charge in [-0.3, -0.25) is 9.69 Å². The van der Waals surface area contributed by atoms with Crippen LogP contribution in [-0.4, -0.2) is 79.4 Å². The van der Waals surface area contributed by atoms with Crippen molar-refractivity contribution in [2.24, 2.45) is 0 Å². The molecule has 1 aromatic carbocycles. The number of nitrogens with one attached hydrogen (secondary N) is 1. The first-order valence-corrected chi connectivity index (χ1v) is 14.8. The third kappa shape index (κ3) is 6.27. The maximum Gasteiger partial charge on any atom is 0.410 e. The van der Waals surface area contributed by atoms with Gasteiger partial charge in [0.1, 0.15) is 11.2 Å². The molecule has 222 valence electrons. The number of benzene rings is 1. The molecule has 5 heterocycles.